The van der Waals surface area contributed by atoms with Crippen LogP contribution in [0.1, 0.15) is 48.7 Å². The molecule has 3 heterocycles. The van der Waals surface area contributed by atoms with E-state index in [0.29, 0.717) is 37.2 Å². The van der Waals surface area contributed by atoms with Crippen LogP contribution in [0.15, 0.2) is 24.5 Å². The molecule has 4 rings (SSSR count). The van der Waals surface area contributed by atoms with E-state index in [4.69, 9.17) is 4.74 Å². The summed E-state index contributed by atoms with van der Waals surface area (Å²) in [6, 6.07) is 1.33. The summed E-state index contributed by atoms with van der Waals surface area (Å²) in [4.78, 5) is 16.7. The molecule has 2 fully saturated rings. The van der Waals surface area contributed by atoms with Crippen molar-refractivity contribution in [2.24, 2.45) is 5.92 Å². The van der Waals surface area contributed by atoms with Crippen LogP contribution in [-0.4, -0.2) is 38.8 Å². The highest BCUT2D eigenvalue weighted by molar-refractivity contribution is 5.80. The molecule has 4 atom stereocenters. The average molecular weight is 491 g/mol. The van der Waals surface area contributed by atoms with Crippen molar-refractivity contribution in [3.05, 3.63) is 47.0 Å². The number of carbonyl (C=O) groups is 1. The van der Waals surface area contributed by atoms with Gasteiger partial charge in [0.1, 0.15) is 12.2 Å². The average Bonchev–Trinajstić information content (AvgIpc) is 3.36. The molecular weight excluding hydrogens is 468 g/mol. The predicted molar refractivity (Wildman–Crippen MR) is 106 cm³/mol. The van der Waals surface area contributed by atoms with Crippen LogP contribution >= 0.6 is 0 Å². The molecule has 1 aromatic heterocycles. The van der Waals surface area contributed by atoms with Gasteiger partial charge in [-0.15, -0.1) is 0 Å². The summed E-state index contributed by atoms with van der Waals surface area (Å²) in [5.74, 6) is -0.0214. The number of rotatable bonds is 6. The van der Waals surface area contributed by atoms with Crippen molar-refractivity contribution >= 4 is 5.91 Å². The number of benzene rings is 1. The molecule has 0 spiro atoms. The molecule has 13 heteroatoms. The number of aromatic nitrogens is 3. The number of nitrogens with zero attached hydrogens (tertiary/aromatic N) is 2. The van der Waals surface area contributed by atoms with Gasteiger partial charge in [-0.1, -0.05) is 0 Å². The van der Waals surface area contributed by atoms with Crippen molar-refractivity contribution < 1.29 is 35.9 Å². The second-order valence-electron chi connectivity index (χ2n) is 8.92. The Morgan fingerprint density at radius 1 is 1.15 bits per heavy atom. The third kappa shape index (κ3) is 5.19. The van der Waals surface area contributed by atoms with Gasteiger partial charge in [-0.25, -0.2) is 4.98 Å². The number of nitrogens with one attached hydrogen (secondary N) is 3. The Balaban J connectivity index is 1.42. The summed E-state index contributed by atoms with van der Waals surface area (Å²) in [6.45, 7) is 1.62. The summed E-state index contributed by atoms with van der Waals surface area (Å²) < 4.78 is 84.6. The van der Waals surface area contributed by atoms with Gasteiger partial charge in [0.15, 0.2) is 0 Å². The summed E-state index contributed by atoms with van der Waals surface area (Å²) in [5, 5.41) is 12.5. The fraction of sp³-hybridized carbons (Fsp3) is 0.571. The first-order valence-corrected chi connectivity index (χ1v) is 10.6. The summed E-state index contributed by atoms with van der Waals surface area (Å²) >= 11 is 0. The first-order valence-electron chi connectivity index (χ1n) is 10.6. The van der Waals surface area contributed by atoms with Gasteiger partial charge in [0.05, 0.1) is 36.3 Å². The lowest BCUT2D eigenvalue weighted by Gasteiger charge is -2.39. The Morgan fingerprint density at radius 3 is 2.41 bits per heavy atom. The van der Waals surface area contributed by atoms with E-state index in [9.17, 15) is 31.1 Å². The number of carbonyl (C=O) groups excluding carboxylic acids is 1. The molecule has 4 unspecified atom stereocenters. The van der Waals surface area contributed by atoms with Crippen LogP contribution in [-0.2, 0) is 35.0 Å². The van der Waals surface area contributed by atoms with Crippen molar-refractivity contribution in [1.82, 2.24) is 25.8 Å². The van der Waals surface area contributed by atoms with E-state index in [2.05, 4.69) is 25.8 Å². The van der Waals surface area contributed by atoms with Gasteiger partial charge in [-0.3, -0.25) is 9.89 Å². The molecule has 2 bridgehead atoms. The lowest BCUT2D eigenvalue weighted by molar-refractivity contribution is -0.143. The normalized spacial score (nSPS) is 27.1. The van der Waals surface area contributed by atoms with Crippen molar-refractivity contribution in [3.8, 4) is 0 Å². The van der Waals surface area contributed by atoms with Crippen molar-refractivity contribution in [2.75, 3.05) is 0 Å². The highest BCUT2D eigenvalue weighted by atomic mass is 19.4. The minimum atomic E-state index is -4.92. The minimum Gasteiger partial charge on any atom is -0.372 e. The molecular formula is C21H23F6N5O2. The zero-order valence-electron chi connectivity index (χ0n) is 18.1. The largest absolute Gasteiger partial charge is 0.416 e. The number of amides is 1. The van der Waals surface area contributed by atoms with Crippen molar-refractivity contribution in [1.29, 1.82) is 0 Å². The molecule has 0 radical (unpaired) electrons. The molecule has 2 saturated heterocycles. The molecule has 2 aromatic rings. The molecule has 1 amide bonds. The highest BCUT2D eigenvalue weighted by Gasteiger charge is 2.52. The zero-order chi connectivity index (χ0) is 24.7. The summed E-state index contributed by atoms with van der Waals surface area (Å²) in [7, 11) is 0. The van der Waals surface area contributed by atoms with E-state index in [1.54, 1.807) is 0 Å². The highest BCUT2D eigenvalue weighted by Crippen LogP contribution is 2.42. The van der Waals surface area contributed by atoms with Gasteiger partial charge in [0.25, 0.3) is 0 Å². The number of halogens is 6. The van der Waals surface area contributed by atoms with E-state index in [1.807, 2.05) is 6.92 Å². The smallest absolute Gasteiger partial charge is 0.372 e. The molecule has 186 valence electrons. The third-order valence-electron chi connectivity index (χ3n) is 6.43. The predicted octanol–water partition coefficient (Wildman–Crippen LogP) is 3.57. The number of hydrogen-bond donors (Lipinski definition) is 3. The molecule has 0 saturated carbocycles. The summed E-state index contributed by atoms with van der Waals surface area (Å²) in [6.07, 6.45) is -7.47. The fourth-order valence-corrected chi connectivity index (χ4v) is 4.79. The fourth-order valence-electron chi connectivity index (χ4n) is 4.79. The molecule has 3 N–H and O–H groups in total. The van der Waals surface area contributed by atoms with Gasteiger partial charge in [0, 0.05) is 11.6 Å². The van der Waals surface area contributed by atoms with Crippen LogP contribution in [0.3, 0.4) is 0 Å². The van der Waals surface area contributed by atoms with Crippen LogP contribution in [0.4, 0.5) is 26.3 Å². The van der Waals surface area contributed by atoms with Crippen LogP contribution in [0.2, 0.25) is 0 Å². The maximum Gasteiger partial charge on any atom is 0.416 e. The number of aromatic amines is 1. The van der Waals surface area contributed by atoms with Gasteiger partial charge in [-0.2, -0.15) is 31.4 Å². The third-order valence-corrected chi connectivity index (χ3v) is 6.43. The standard InChI is InChI=1S/C21H23F6N5O2/c1-19-7-14(18(33)28-8-17-29-10-30-32-17)15(31-19)2-3-16(19)34-9-11-4-12(20(22,23)24)6-13(5-11)21(25,26)27/h4-6,10,14-16,31H,2-3,7-9H2,1H3,(H,28,33)(H,29,30,32). The Kier molecular flexibility index (Phi) is 6.36. The molecule has 0 aliphatic carbocycles. The molecule has 34 heavy (non-hydrogen) atoms. The van der Waals surface area contributed by atoms with E-state index in [1.165, 1.54) is 6.33 Å². The SMILES string of the molecule is CC12CC(C(=O)NCc3ncn[nH]3)C(CCC1OCc1cc(C(F)(F)F)cc(C(F)(F)F)c1)N2. The molecule has 7 nitrogen and oxygen atoms in total. The first-order chi connectivity index (χ1) is 15.8. The number of ether oxygens (including phenoxy) is 1. The van der Waals surface area contributed by atoms with Crippen LogP contribution < -0.4 is 10.6 Å². The van der Waals surface area contributed by atoms with Crippen molar-refractivity contribution in [2.45, 2.75) is 69.4 Å². The lowest BCUT2D eigenvalue weighted by Crippen LogP contribution is -2.55. The van der Waals surface area contributed by atoms with Crippen LogP contribution in [0, 0.1) is 5.92 Å². The van der Waals surface area contributed by atoms with Gasteiger partial charge < -0.3 is 15.4 Å². The maximum atomic E-state index is 13.1. The lowest BCUT2D eigenvalue weighted by atomic mass is 9.88. The number of fused-ring (bicyclic) bond motifs is 2. The van der Waals surface area contributed by atoms with Gasteiger partial charge >= 0.3 is 12.4 Å². The van der Waals surface area contributed by atoms with Crippen molar-refractivity contribution in [3.63, 3.8) is 0 Å². The molecule has 2 aliphatic rings. The number of alkyl halides is 6. The minimum absolute atomic E-state index is 0.0938. The second kappa shape index (κ2) is 8.84. The van der Waals surface area contributed by atoms with Crippen LogP contribution in [0.25, 0.3) is 0 Å². The molecule has 2 aliphatic heterocycles. The summed E-state index contributed by atoms with van der Waals surface area (Å²) in [5.41, 5.74) is -3.62. The molecule has 1 aromatic carbocycles. The first kappa shape index (κ1) is 24.5. The van der Waals surface area contributed by atoms with Gasteiger partial charge in [0.2, 0.25) is 5.91 Å². The Bertz CT molecular complexity index is 993. The van der Waals surface area contributed by atoms with E-state index < -0.39 is 41.7 Å². The number of hydrogen-bond acceptors (Lipinski definition) is 5. The zero-order valence-corrected chi connectivity index (χ0v) is 18.1. The van der Waals surface area contributed by atoms with Crippen LogP contribution in [0.5, 0.6) is 0 Å². The maximum absolute atomic E-state index is 13.1. The number of piperidine rings is 1. The second-order valence-corrected chi connectivity index (χ2v) is 8.92. The van der Waals surface area contributed by atoms with E-state index >= 15 is 0 Å². The Hall–Kier alpha value is -2.67. The van der Waals surface area contributed by atoms with E-state index in [0.717, 1.165) is 0 Å². The van der Waals surface area contributed by atoms with Gasteiger partial charge in [-0.05, 0) is 49.9 Å². The number of H-pyrrole nitrogens is 1. The Labute approximate surface area is 190 Å². The monoisotopic (exact) mass is 491 g/mol. The quantitative estimate of drug-likeness (QED) is 0.538. The Morgan fingerprint density at radius 2 is 1.82 bits per heavy atom. The van der Waals surface area contributed by atoms with E-state index in [-0.39, 0.29) is 36.0 Å². The topological polar surface area (TPSA) is 91.9 Å².